The molecule has 3 nitrogen and oxygen atoms in total. The van der Waals surface area contributed by atoms with E-state index in [1.165, 1.54) is 30.4 Å². The normalized spacial score (nSPS) is 16.7. The van der Waals surface area contributed by atoms with E-state index in [0.29, 0.717) is 6.54 Å². The SMILES string of the molecule is Cc1ccc(NC(=O)NCCc2csc3c2CCC(C)C3)cc1. The van der Waals surface area contributed by atoms with Gasteiger partial charge >= 0.3 is 6.03 Å². The van der Waals surface area contributed by atoms with Gasteiger partial charge in [0.15, 0.2) is 0 Å². The number of fused-ring (bicyclic) bond motifs is 1. The standard InChI is InChI=1S/C19H24N2OS/c1-13-3-6-16(7-4-13)21-19(22)20-10-9-15-12-23-18-11-14(2)5-8-17(15)18/h3-4,6-7,12,14H,5,8-11H2,1-2H3,(H2,20,21,22). The van der Waals surface area contributed by atoms with Gasteiger partial charge in [-0.2, -0.15) is 0 Å². The van der Waals surface area contributed by atoms with Gasteiger partial charge in [-0.1, -0.05) is 24.6 Å². The van der Waals surface area contributed by atoms with Crippen LogP contribution in [-0.4, -0.2) is 12.6 Å². The zero-order chi connectivity index (χ0) is 16.2. The van der Waals surface area contributed by atoms with Crippen LogP contribution in [0.25, 0.3) is 0 Å². The summed E-state index contributed by atoms with van der Waals surface area (Å²) in [5.74, 6) is 0.812. The van der Waals surface area contributed by atoms with Crippen LogP contribution in [0.1, 0.15) is 34.9 Å². The lowest BCUT2D eigenvalue weighted by atomic mass is 9.88. The Morgan fingerprint density at radius 3 is 2.87 bits per heavy atom. The molecule has 1 aliphatic rings. The molecule has 0 bridgehead atoms. The van der Waals surface area contributed by atoms with Gasteiger partial charge in [0.05, 0.1) is 0 Å². The molecule has 23 heavy (non-hydrogen) atoms. The Bertz CT molecular complexity index is 675. The quantitative estimate of drug-likeness (QED) is 0.849. The largest absolute Gasteiger partial charge is 0.338 e. The average Bonchev–Trinajstić information content (AvgIpc) is 2.92. The van der Waals surface area contributed by atoms with E-state index < -0.39 is 0 Å². The minimum Gasteiger partial charge on any atom is -0.338 e. The fourth-order valence-corrected chi connectivity index (χ4v) is 4.38. The van der Waals surface area contributed by atoms with E-state index >= 15 is 0 Å². The molecule has 0 saturated heterocycles. The Hall–Kier alpha value is -1.81. The van der Waals surface area contributed by atoms with Gasteiger partial charge in [0.2, 0.25) is 0 Å². The number of thiophene rings is 1. The molecule has 0 aliphatic heterocycles. The number of anilines is 1. The minimum absolute atomic E-state index is 0.133. The maximum atomic E-state index is 11.9. The van der Waals surface area contributed by atoms with Gasteiger partial charge < -0.3 is 10.6 Å². The van der Waals surface area contributed by atoms with Crippen molar-refractivity contribution < 1.29 is 4.79 Å². The summed E-state index contributed by atoms with van der Waals surface area (Å²) < 4.78 is 0. The van der Waals surface area contributed by atoms with Crippen molar-refractivity contribution >= 4 is 23.1 Å². The van der Waals surface area contributed by atoms with Crippen molar-refractivity contribution in [2.24, 2.45) is 5.92 Å². The number of benzene rings is 1. The van der Waals surface area contributed by atoms with E-state index in [4.69, 9.17) is 0 Å². The predicted octanol–water partition coefficient (Wildman–Crippen LogP) is 4.55. The van der Waals surface area contributed by atoms with Gasteiger partial charge in [-0.3, -0.25) is 0 Å². The summed E-state index contributed by atoms with van der Waals surface area (Å²) in [5.41, 5.74) is 4.99. The van der Waals surface area contributed by atoms with E-state index in [2.05, 4.69) is 22.9 Å². The van der Waals surface area contributed by atoms with Gasteiger partial charge in [0, 0.05) is 17.1 Å². The molecule has 2 amide bonds. The van der Waals surface area contributed by atoms with E-state index in [0.717, 1.165) is 18.0 Å². The third-order valence-corrected chi connectivity index (χ3v) is 5.58. The molecule has 1 atom stereocenters. The molecule has 2 N–H and O–H groups in total. The minimum atomic E-state index is -0.133. The summed E-state index contributed by atoms with van der Waals surface area (Å²) in [6.07, 6.45) is 4.63. The number of hydrogen-bond donors (Lipinski definition) is 2. The lowest BCUT2D eigenvalue weighted by molar-refractivity contribution is 0.252. The number of aryl methyl sites for hydroxylation is 1. The molecule has 0 radical (unpaired) electrons. The van der Waals surface area contributed by atoms with E-state index in [1.807, 2.05) is 42.5 Å². The third-order valence-electron chi connectivity index (χ3n) is 4.48. The van der Waals surface area contributed by atoms with Crippen LogP contribution >= 0.6 is 11.3 Å². The number of amides is 2. The highest BCUT2D eigenvalue weighted by molar-refractivity contribution is 7.10. The maximum Gasteiger partial charge on any atom is 0.319 e. The van der Waals surface area contributed by atoms with Crippen molar-refractivity contribution in [1.82, 2.24) is 5.32 Å². The Morgan fingerprint density at radius 2 is 2.09 bits per heavy atom. The van der Waals surface area contributed by atoms with Crippen molar-refractivity contribution in [3.8, 4) is 0 Å². The predicted molar refractivity (Wildman–Crippen MR) is 97.4 cm³/mol. The maximum absolute atomic E-state index is 11.9. The summed E-state index contributed by atoms with van der Waals surface area (Å²) in [4.78, 5) is 13.5. The van der Waals surface area contributed by atoms with E-state index in [-0.39, 0.29) is 6.03 Å². The van der Waals surface area contributed by atoms with Crippen LogP contribution in [0, 0.1) is 12.8 Å². The number of nitrogens with one attached hydrogen (secondary N) is 2. The number of carbonyl (C=O) groups excluding carboxylic acids is 1. The second-order valence-electron chi connectivity index (χ2n) is 6.51. The van der Waals surface area contributed by atoms with Crippen molar-refractivity contribution in [1.29, 1.82) is 0 Å². The first-order valence-corrected chi connectivity index (χ1v) is 9.19. The average molecular weight is 328 g/mol. The van der Waals surface area contributed by atoms with Crippen LogP contribution in [-0.2, 0) is 19.3 Å². The Kier molecular flexibility index (Phi) is 5.01. The molecular weight excluding hydrogens is 304 g/mol. The van der Waals surface area contributed by atoms with Gasteiger partial charge in [0.25, 0.3) is 0 Å². The topological polar surface area (TPSA) is 41.1 Å². The molecule has 0 saturated carbocycles. The van der Waals surface area contributed by atoms with Crippen LogP contribution < -0.4 is 10.6 Å². The van der Waals surface area contributed by atoms with Gasteiger partial charge in [0.1, 0.15) is 0 Å². The third kappa shape index (κ3) is 4.14. The van der Waals surface area contributed by atoms with Crippen LogP contribution in [0.3, 0.4) is 0 Å². The van der Waals surface area contributed by atoms with E-state index in [1.54, 1.807) is 10.4 Å². The number of carbonyl (C=O) groups is 1. The Labute approximate surface area is 142 Å². The van der Waals surface area contributed by atoms with Crippen molar-refractivity contribution in [2.45, 2.75) is 39.5 Å². The summed E-state index contributed by atoms with van der Waals surface area (Å²) in [6.45, 7) is 5.04. The zero-order valence-electron chi connectivity index (χ0n) is 13.8. The van der Waals surface area contributed by atoms with Crippen LogP contribution in [0.15, 0.2) is 29.6 Å². The number of rotatable bonds is 4. The van der Waals surface area contributed by atoms with Gasteiger partial charge in [-0.05, 0) is 67.2 Å². The monoisotopic (exact) mass is 328 g/mol. The molecule has 4 heteroatoms. The molecule has 0 fully saturated rings. The highest BCUT2D eigenvalue weighted by Crippen LogP contribution is 2.32. The van der Waals surface area contributed by atoms with Crippen LogP contribution in [0.5, 0.6) is 0 Å². The van der Waals surface area contributed by atoms with Crippen molar-refractivity contribution in [3.05, 3.63) is 51.2 Å². The molecule has 1 unspecified atom stereocenters. The lowest BCUT2D eigenvalue weighted by Gasteiger charge is -2.19. The molecule has 1 aromatic carbocycles. The second-order valence-corrected chi connectivity index (χ2v) is 7.47. The molecule has 1 heterocycles. The Morgan fingerprint density at radius 1 is 1.30 bits per heavy atom. The zero-order valence-corrected chi connectivity index (χ0v) is 14.6. The summed E-state index contributed by atoms with van der Waals surface area (Å²) in [7, 11) is 0. The van der Waals surface area contributed by atoms with Crippen molar-refractivity contribution in [2.75, 3.05) is 11.9 Å². The van der Waals surface area contributed by atoms with Crippen LogP contribution in [0.2, 0.25) is 0 Å². The van der Waals surface area contributed by atoms with E-state index in [9.17, 15) is 4.79 Å². The molecule has 1 aliphatic carbocycles. The molecule has 3 rings (SSSR count). The van der Waals surface area contributed by atoms with Gasteiger partial charge in [-0.15, -0.1) is 11.3 Å². The lowest BCUT2D eigenvalue weighted by Crippen LogP contribution is -2.30. The molecule has 0 spiro atoms. The highest BCUT2D eigenvalue weighted by atomic mass is 32.1. The summed E-state index contributed by atoms with van der Waals surface area (Å²) in [6, 6.07) is 7.70. The second kappa shape index (κ2) is 7.18. The summed E-state index contributed by atoms with van der Waals surface area (Å²) >= 11 is 1.89. The molecule has 2 aromatic rings. The number of urea groups is 1. The fraction of sp³-hybridized carbons (Fsp3) is 0.421. The van der Waals surface area contributed by atoms with Crippen molar-refractivity contribution in [3.63, 3.8) is 0 Å². The fourth-order valence-electron chi connectivity index (χ4n) is 3.08. The molecule has 122 valence electrons. The first-order chi connectivity index (χ1) is 11.1. The molecular formula is C19H24N2OS. The highest BCUT2D eigenvalue weighted by Gasteiger charge is 2.19. The summed E-state index contributed by atoms with van der Waals surface area (Å²) in [5, 5.41) is 8.10. The first-order valence-electron chi connectivity index (χ1n) is 8.31. The number of hydrogen-bond acceptors (Lipinski definition) is 2. The first kappa shape index (κ1) is 16.1. The smallest absolute Gasteiger partial charge is 0.319 e. The van der Waals surface area contributed by atoms with Gasteiger partial charge in [-0.25, -0.2) is 4.79 Å². The Balaban J connectivity index is 1.48. The molecule has 1 aromatic heterocycles. The van der Waals surface area contributed by atoms with Crippen LogP contribution in [0.4, 0.5) is 10.5 Å².